The summed E-state index contributed by atoms with van der Waals surface area (Å²) >= 11 is 3.68. The highest BCUT2D eigenvalue weighted by Crippen LogP contribution is 2.14. The minimum absolute atomic E-state index is 0.0545. The predicted octanol–water partition coefficient (Wildman–Crippen LogP) is 5.20. The summed E-state index contributed by atoms with van der Waals surface area (Å²) in [7, 11) is 0. The van der Waals surface area contributed by atoms with Gasteiger partial charge >= 0.3 is 11.9 Å². The Bertz CT molecular complexity index is 663. The zero-order valence-electron chi connectivity index (χ0n) is 23.3. The van der Waals surface area contributed by atoms with Gasteiger partial charge in [-0.05, 0) is 32.6 Å². The van der Waals surface area contributed by atoms with Crippen LogP contribution in [0.3, 0.4) is 0 Å². The van der Waals surface area contributed by atoms with Crippen LogP contribution in [0.1, 0.15) is 135 Å². The lowest BCUT2D eigenvalue weighted by molar-refractivity contribution is -0.142. The van der Waals surface area contributed by atoms with Crippen LogP contribution < -0.4 is 10.6 Å². The molecule has 0 radical (unpaired) electrons. The number of aliphatic carboxylic acids is 2. The van der Waals surface area contributed by atoms with Crippen molar-refractivity contribution >= 4 is 35.6 Å². The van der Waals surface area contributed by atoms with Crippen molar-refractivity contribution in [1.82, 2.24) is 10.6 Å². The van der Waals surface area contributed by atoms with E-state index in [4.69, 9.17) is 5.11 Å². The van der Waals surface area contributed by atoms with E-state index in [9.17, 15) is 29.4 Å². The van der Waals surface area contributed by atoms with Crippen LogP contribution in [-0.2, 0) is 19.2 Å². The van der Waals surface area contributed by atoms with Crippen molar-refractivity contribution < 1.29 is 34.5 Å². The van der Waals surface area contributed by atoms with Crippen molar-refractivity contribution in [2.45, 2.75) is 154 Å². The highest BCUT2D eigenvalue weighted by Gasteiger charge is 2.22. The number of carbonyl (C=O) groups excluding carboxylic acids is 2. The maximum atomic E-state index is 12.1. The number of rotatable bonds is 27. The first kappa shape index (κ1) is 36.4. The number of carbonyl (C=O) groups is 4. The first-order valence-electron chi connectivity index (χ1n) is 14.5. The van der Waals surface area contributed by atoms with Gasteiger partial charge in [0.05, 0.1) is 6.04 Å². The maximum absolute atomic E-state index is 12.1. The number of aliphatic hydroxyl groups excluding tert-OH is 1. The van der Waals surface area contributed by atoms with Gasteiger partial charge in [0.2, 0.25) is 11.0 Å². The lowest BCUT2D eigenvalue weighted by atomic mass is 10.0. The van der Waals surface area contributed by atoms with Crippen LogP contribution in [0, 0.1) is 0 Å². The van der Waals surface area contributed by atoms with Crippen LogP contribution in [0.15, 0.2) is 0 Å². The fourth-order valence-corrected chi connectivity index (χ4v) is 4.40. The number of carboxylic acid groups (broad SMARTS) is 2. The minimum atomic E-state index is -1.14. The summed E-state index contributed by atoms with van der Waals surface area (Å²) in [6.07, 6.45) is 17.8. The lowest BCUT2D eigenvalue weighted by Gasteiger charge is -2.19. The number of unbranched alkanes of at least 4 members (excludes halogenated alkanes) is 15. The van der Waals surface area contributed by atoms with Crippen molar-refractivity contribution in [3.63, 3.8) is 0 Å². The van der Waals surface area contributed by atoms with Crippen LogP contribution in [0.25, 0.3) is 0 Å². The third-order valence-corrected chi connectivity index (χ3v) is 7.11. The molecule has 0 fully saturated rings. The maximum Gasteiger partial charge on any atom is 0.326 e. The SMILES string of the molecule is CC(NC(O)CCC(NC(=O)CCCCCCCCCCCCCCCCCCC(=O)O)C(=O)O)C(=O)S. The van der Waals surface area contributed by atoms with Crippen molar-refractivity contribution in [3.8, 4) is 0 Å². The summed E-state index contributed by atoms with van der Waals surface area (Å²) in [6.45, 7) is 1.55. The molecule has 0 aliphatic heterocycles. The number of amides is 1. The summed E-state index contributed by atoms with van der Waals surface area (Å²) in [5, 5.41) is 32.6. The third-order valence-electron chi connectivity index (χ3n) is 6.72. The van der Waals surface area contributed by atoms with E-state index in [-0.39, 0.29) is 25.2 Å². The van der Waals surface area contributed by atoms with Gasteiger partial charge in [-0.3, -0.25) is 19.7 Å². The average Bonchev–Trinajstić information content (AvgIpc) is 2.85. The summed E-state index contributed by atoms with van der Waals surface area (Å²) < 4.78 is 0. The van der Waals surface area contributed by atoms with Gasteiger partial charge in [-0.1, -0.05) is 89.9 Å². The smallest absolute Gasteiger partial charge is 0.326 e. The van der Waals surface area contributed by atoms with Gasteiger partial charge in [-0.25, -0.2) is 4.79 Å². The van der Waals surface area contributed by atoms with Crippen LogP contribution in [0.2, 0.25) is 0 Å². The molecular formula is C28H52N2O7S. The number of thiol groups is 1. The lowest BCUT2D eigenvalue weighted by Crippen LogP contribution is -2.44. The van der Waals surface area contributed by atoms with Crippen LogP contribution >= 0.6 is 12.6 Å². The number of aliphatic hydroxyl groups is 1. The van der Waals surface area contributed by atoms with Crippen molar-refractivity contribution in [1.29, 1.82) is 0 Å². The Labute approximate surface area is 234 Å². The molecule has 1 amide bonds. The fourth-order valence-electron chi connectivity index (χ4n) is 4.33. The molecule has 0 aromatic rings. The van der Waals surface area contributed by atoms with Gasteiger partial charge < -0.3 is 20.6 Å². The molecular weight excluding hydrogens is 508 g/mol. The van der Waals surface area contributed by atoms with Gasteiger partial charge in [0.1, 0.15) is 12.3 Å². The number of carboxylic acids is 2. The minimum Gasteiger partial charge on any atom is -0.481 e. The average molecular weight is 561 g/mol. The molecule has 0 aliphatic rings. The molecule has 3 unspecified atom stereocenters. The Hall–Kier alpha value is -1.65. The largest absolute Gasteiger partial charge is 0.481 e. The Morgan fingerprint density at radius 1 is 0.658 bits per heavy atom. The zero-order chi connectivity index (χ0) is 28.6. The molecule has 222 valence electrons. The van der Waals surface area contributed by atoms with Gasteiger partial charge in [0.15, 0.2) is 0 Å². The monoisotopic (exact) mass is 560 g/mol. The first-order chi connectivity index (χ1) is 18.1. The second-order valence-electron chi connectivity index (χ2n) is 10.3. The summed E-state index contributed by atoms with van der Waals surface area (Å²) in [5.74, 6) is -2.13. The third kappa shape index (κ3) is 23.5. The molecule has 0 aromatic heterocycles. The second kappa shape index (κ2) is 24.4. The van der Waals surface area contributed by atoms with E-state index in [0.717, 1.165) is 44.9 Å². The quantitative estimate of drug-likeness (QED) is 0.0456. The van der Waals surface area contributed by atoms with Gasteiger partial charge in [0, 0.05) is 12.8 Å². The topological polar surface area (TPSA) is 153 Å². The summed E-state index contributed by atoms with van der Waals surface area (Å²) in [5.41, 5.74) is 0. The van der Waals surface area contributed by atoms with E-state index in [0.29, 0.717) is 6.42 Å². The van der Waals surface area contributed by atoms with Crippen molar-refractivity contribution in [2.75, 3.05) is 0 Å². The molecule has 0 heterocycles. The molecule has 10 heteroatoms. The summed E-state index contributed by atoms with van der Waals surface area (Å²) in [4.78, 5) is 45.1. The second-order valence-corrected chi connectivity index (χ2v) is 10.8. The highest BCUT2D eigenvalue weighted by atomic mass is 32.1. The van der Waals surface area contributed by atoms with E-state index in [1.54, 1.807) is 6.92 Å². The Balaban J connectivity index is 3.61. The fraction of sp³-hybridized carbons (Fsp3) is 0.857. The van der Waals surface area contributed by atoms with Crippen molar-refractivity contribution in [3.05, 3.63) is 0 Å². The normalized spacial score (nSPS) is 13.6. The summed E-state index contributed by atoms with van der Waals surface area (Å²) in [6, 6.07) is -1.72. The number of nitrogens with one attached hydrogen (secondary N) is 2. The van der Waals surface area contributed by atoms with E-state index in [1.807, 2.05) is 0 Å². The molecule has 0 spiro atoms. The van der Waals surface area contributed by atoms with Crippen LogP contribution in [-0.4, -0.2) is 56.6 Å². The molecule has 38 heavy (non-hydrogen) atoms. The molecule has 0 aliphatic carbocycles. The molecule has 3 atom stereocenters. The van der Waals surface area contributed by atoms with Gasteiger partial charge in [-0.2, -0.15) is 0 Å². The Kier molecular flexibility index (Phi) is 23.3. The first-order valence-corrected chi connectivity index (χ1v) is 15.0. The predicted molar refractivity (Wildman–Crippen MR) is 152 cm³/mol. The molecule has 0 aromatic carbocycles. The molecule has 9 nitrogen and oxygen atoms in total. The molecule has 5 N–H and O–H groups in total. The Morgan fingerprint density at radius 3 is 1.42 bits per heavy atom. The molecule has 0 bridgehead atoms. The standard InChI is InChI=1S/C28H52N2O7S/c1-22(28(37)38)29-25(32)21-20-23(27(35)36)30-24(31)18-16-14-12-10-8-6-4-2-3-5-7-9-11-13-15-17-19-26(33)34/h22-23,25,29,32H,2-21H2,1H3,(H,30,31)(H,33,34)(H,35,36)(H,37,38). The molecule has 0 saturated carbocycles. The number of hydrogen-bond donors (Lipinski definition) is 6. The van der Waals surface area contributed by atoms with E-state index in [1.165, 1.54) is 57.8 Å². The van der Waals surface area contributed by atoms with E-state index >= 15 is 0 Å². The Morgan fingerprint density at radius 2 is 1.05 bits per heavy atom. The van der Waals surface area contributed by atoms with Crippen LogP contribution in [0.5, 0.6) is 0 Å². The van der Waals surface area contributed by atoms with Crippen molar-refractivity contribution in [2.24, 2.45) is 0 Å². The molecule has 0 saturated heterocycles. The highest BCUT2D eigenvalue weighted by molar-refractivity contribution is 7.96. The number of hydrogen-bond acceptors (Lipinski definition) is 6. The van der Waals surface area contributed by atoms with Gasteiger partial charge in [-0.15, -0.1) is 12.6 Å². The van der Waals surface area contributed by atoms with E-state index in [2.05, 4.69) is 23.3 Å². The van der Waals surface area contributed by atoms with E-state index < -0.39 is 35.4 Å². The van der Waals surface area contributed by atoms with Crippen LogP contribution in [0.4, 0.5) is 0 Å². The molecule has 0 rings (SSSR count). The van der Waals surface area contributed by atoms with Gasteiger partial charge in [0.25, 0.3) is 0 Å². The zero-order valence-corrected chi connectivity index (χ0v) is 24.2.